The molecule has 0 bridgehead atoms. The maximum atomic E-state index is 12.8. The number of carbonyl (C=O) groups excluding carboxylic acids is 2. The van der Waals surface area contributed by atoms with Crippen LogP contribution in [0, 0.1) is 0 Å². The zero-order chi connectivity index (χ0) is 18.3. The maximum Gasteiger partial charge on any atom is 0.313 e. The number of benzene rings is 1. The van der Waals surface area contributed by atoms with Crippen molar-refractivity contribution in [3.63, 3.8) is 0 Å². The minimum absolute atomic E-state index is 0.00974. The molecule has 7 heteroatoms. The lowest BCUT2D eigenvalue weighted by Gasteiger charge is -2.54. The van der Waals surface area contributed by atoms with E-state index in [4.69, 9.17) is 28.9 Å². The molecule has 0 spiro atoms. The van der Waals surface area contributed by atoms with Gasteiger partial charge in [0.05, 0.1) is 10.7 Å². The summed E-state index contributed by atoms with van der Waals surface area (Å²) < 4.78 is 0. The molecule has 0 atom stereocenters. The lowest BCUT2D eigenvalue weighted by atomic mass is 9.77. The van der Waals surface area contributed by atoms with Gasteiger partial charge >= 0.3 is 11.8 Å². The molecule has 1 saturated heterocycles. The number of nitrogens with one attached hydrogen (secondary N) is 1. The van der Waals surface area contributed by atoms with Gasteiger partial charge in [-0.3, -0.25) is 9.59 Å². The molecule has 0 aliphatic carbocycles. The van der Waals surface area contributed by atoms with Gasteiger partial charge in [0.1, 0.15) is 0 Å². The molecule has 2 amide bonds. The van der Waals surface area contributed by atoms with E-state index in [1.54, 1.807) is 17.0 Å². The number of hydrogen-bond acceptors (Lipinski definition) is 3. The van der Waals surface area contributed by atoms with Crippen molar-refractivity contribution in [2.24, 2.45) is 5.73 Å². The van der Waals surface area contributed by atoms with Crippen molar-refractivity contribution in [1.82, 2.24) is 4.90 Å². The van der Waals surface area contributed by atoms with E-state index in [0.29, 0.717) is 28.6 Å². The van der Waals surface area contributed by atoms with Gasteiger partial charge < -0.3 is 16.0 Å². The van der Waals surface area contributed by atoms with Gasteiger partial charge in [0.2, 0.25) is 0 Å². The minimum Gasteiger partial charge on any atom is -0.328 e. The number of nitrogens with two attached hydrogens (primary N) is 1. The summed E-state index contributed by atoms with van der Waals surface area (Å²) in [6.07, 6.45) is 1.26. The second kappa shape index (κ2) is 6.54. The number of rotatable bonds is 1. The summed E-state index contributed by atoms with van der Waals surface area (Å²) in [6, 6.07) is 4.68. The predicted molar refractivity (Wildman–Crippen MR) is 97.3 cm³/mol. The summed E-state index contributed by atoms with van der Waals surface area (Å²) in [5.41, 5.74) is 5.39. The zero-order valence-electron chi connectivity index (χ0n) is 14.3. The van der Waals surface area contributed by atoms with Gasteiger partial charge in [0, 0.05) is 22.1 Å². The fourth-order valence-electron chi connectivity index (χ4n) is 3.78. The van der Waals surface area contributed by atoms with Crippen LogP contribution in [0.15, 0.2) is 18.2 Å². The number of hydrogen-bond donors (Lipinski definition) is 2. The molecule has 132 valence electrons. The predicted octanol–water partition coefficient (Wildman–Crippen LogP) is 3.44. The van der Waals surface area contributed by atoms with Crippen molar-refractivity contribution in [3.05, 3.63) is 28.2 Å². The molecule has 2 rings (SSSR count). The molecule has 0 saturated carbocycles. The number of likely N-dealkylation sites (tertiary alicyclic amines) is 1. The van der Waals surface area contributed by atoms with Gasteiger partial charge in [-0.15, -0.1) is 0 Å². The number of carbonyl (C=O) groups is 2. The Hall–Kier alpha value is -1.30. The molecule has 1 aromatic carbocycles. The number of halogens is 2. The van der Waals surface area contributed by atoms with Crippen LogP contribution >= 0.6 is 23.2 Å². The average Bonchev–Trinajstić information content (AvgIpc) is 2.39. The first-order chi connectivity index (χ1) is 10.9. The Balaban J connectivity index is 2.26. The molecule has 1 aromatic rings. The Morgan fingerprint density at radius 1 is 1.17 bits per heavy atom. The molecule has 0 aromatic heterocycles. The number of amides is 2. The Morgan fingerprint density at radius 2 is 1.71 bits per heavy atom. The van der Waals surface area contributed by atoms with E-state index in [1.165, 1.54) is 6.07 Å². The van der Waals surface area contributed by atoms with Crippen molar-refractivity contribution in [2.75, 3.05) is 5.32 Å². The quantitative estimate of drug-likeness (QED) is 0.742. The largest absolute Gasteiger partial charge is 0.328 e. The second-order valence-corrected chi connectivity index (χ2v) is 8.36. The highest BCUT2D eigenvalue weighted by atomic mass is 35.5. The molecular formula is C17H23Cl2N3O2. The van der Waals surface area contributed by atoms with E-state index in [2.05, 4.69) is 5.32 Å². The third kappa shape index (κ3) is 3.85. The normalized spacial score (nSPS) is 19.9. The van der Waals surface area contributed by atoms with Crippen LogP contribution in [-0.4, -0.2) is 33.8 Å². The average molecular weight is 372 g/mol. The minimum atomic E-state index is -0.740. The first kappa shape index (κ1) is 19.0. The van der Waals surface area contributed by atoms with E-state index in [-0.39, 0.29) is 6.04 Å². The standard InChI is InChI=1S/C17H23Cl2N3O2/c1-16(2)8-11(20)9-17(3,4)22(16)15(24)14(23)21-13-7-10(18)5-6-12(13)19/h5-7,11H,8-9,20H2,1-4H3,(H,21,23). The number of piperidine rings is 1. The molecule has 5 nitrogen and oxygen atoms in total. The van der Waals surface area contributed by atoms with E-state index in [9.17, 15) is 9.59 Å². The van der Waals surface area contributed by atoms with Crippen LogP contribution in [0.1, 0.15) is 40.5 Å². The van der Waals surface area contributed by atoms with Crippen molar-refractivity contribution in [1.29, 1.82) is 0 Å². The zero-order valence-corrected chi connectivity index (χ0v) is 15.8. The van der Waals surface area contributed by atoms with Crippen LogP contribution < -0.4 is 11.1 Å². The molecule has 1 fully saturated rings. The summed E-state index contributed by atoms with van der Waals surface area (Å²) in [5.74, 6) is -1.34. The monoisotopic (exact) mass is 371 g/mol. The summed E-state index contributed by atoms with van der Waals surface area (Å²) >= 11 is 12.0. The van der Waals surface area contributed by atoms with Gasteiger partial charge in [-0.25, -0.2) is 0 Å². The second-order valence-electron chi connectivity index (χ2n) is 7.51. The first-order valence-corrected chi connectivity index (χ1v) is 8.56. The molecule has 24 heavy (non-hydrogen) atoms. The van der Waals surface area contributed by atoms with Crippen molar-refractivity contribution in [2.45, 2.75) is 57.7 Å². The molecular weight excluding hydrogens is 349 g/mol. The Bertz CT molecular complexity index is 656. The van der Waals surface area contributed by atoms with Gasteiger partial charge in [-0.05, 0) is 58.7 Å². The molecule has 3 N–H and O–H groups in total. The van der Waals surface area contributed by atoms with Crippen LogP contribution in [0.5, 0.6) is 0 Å². The molecule has 0 unspecified atom stereocenters. The summed E-state index contributed by atoms with van der Waals surface area (Å²) in [7, 11) is 0. The van der Waals surface area contributed by atoms with Gasteiger partial charge in [0.25, 0.3) is 0 Å². The third-order valence-corrected chi connectivity index (χ3v) is 4.87. The lowest BCUT2D eigenvalue weighted by molar-refractivity contribution is -0.156. The van der Waals surface area contributed by atoms with Gasteiger partial charge in [-0.2, -0.15) is 0 Å². The Kier molecular flexibility index (Phi) is 5.19. The molecule has 1 heterocycles. The smallest absolute Gasteiger partial charge is 0.313 e. The van der Waals surface area contributed by atoms with Crippen LogP contribution in [-0.2, 0) is 9.59 Å². The fourth-order valence-corrected chi connectivity index (χ4v) is 4.11. The van der Waals surface area contributed by atoms with Crippen LogP contribution in [0.4, 0.5) is 5.69 Å². The third-order valence-electron chi connectivity index (χ3n) is 4.31. The van der Waals surface area contributed by atoms with Crippen LogP contribution in [0.2, 0.25) is 10.0 Å². The topological polar surface area (TPSA) is 75.4 Å². The van der Waals surface area contributed by atoms with Crippen molar-refractivity contribution < 1.29 is 9.59 Å². The van der Waals surface area contributed by atoms with E-state index < -0.39 is 22.9 Å². The summed E-state index contributed by atoms with van der Waals surface area (Å²) in [6.45, 7) is 7.69. The highest BCUT2D eigenvalue weighted by molar-refractivity contribution is 6.42. The lowest BCUT2D eigenvalue weighted by Crippen LogP contribution is -2.66. The molecule has 1 aliphatic rings. The summed E-state index contributed by atoms with van der Waals surface area (Å²) in [4.78, 5) is 27.0. The number of nitrogens with zero attached hydrogens (tertiary/aromatic N) is 1. The SMILES string of the molecule is CC1(C)CC(N)CC(C)(C)N1C(=O)C(=O)Nc1cc(Cl)ccc1Cl. The fraction of sp³-hybridized carbons (Fsp3) is 0.529. The van der Waals surface area contributed by atoms with Crippen LogP contribution in [0.3, 0.4) is 0 Å². The van der Waals surface area contributed by atoms with E-state index in [0.717, 1.165) is 0 Å². The van der Waals surface area contributed by atoms with Crippen LogP contribution in [0.25, 0.3) is 0 Å². The highest BCUT2D eigenvalue weighted by Crippen LogP contribution is 2.38. The van der Waals surface area contributed by atoms with Crippen molar-refractivity contribution in [3.8, 4) is 0 Å². The van der Waals surface area contributed by atoms with Crippen molar-refractivity contribution >= 4 is 40.7 Å². The molecule has 0 radical (unpaired) electrons. The highest BCUT2D eigenvalue weighted by Gasteiger charge is 2.48. The van der Waals surface area contributed by atoms with E-state index >= 15 is 0 Å². The summed E-state index contributed by atoms with van der Waals surface area (Å²) in [5, 5.41) is 3.30. The Labute approximate surface area is 152 Å². The molecule has 1 aliphatic heterocycles. The maximum absolute atomic E-state index is 12.8. The van der Waals surface area contributed by atoms with E-state index in [1.807, 2.05) is 27.7 Å². The Morgan fingerprint density at radius 3 is 2.25 bits per heavy atom. The first-order valence-electron chi connectivity index (χ1n) is 7.80. The van der Waals surface area contributed by atoms with Gasteiger partial charge in [0.15, 0.2) is 0 Å². The van der Waals surface area contributed by atoms with Gasteiger partial charge in [-0.1, -0.05) is 23.2 Å². The number of anilines is 1.